The number of aliphatic hydroxyl groups excluding tert-OH is 1. The third kappa shape index (κ3) is 9.60. The van der Waals surface area contributed by atoms with Gasteiger partial charge in [-0.15, -0.1) is 0 Å². The molecule has 278 valence electrons. The minimum Gasteiger partial charge on any atom is -0.460 e. The average Bonchev–Trinajstić information content (AvgIpc) is 3.16. The van der Waals surface area contributed by atoms with Gasteiger partial charge in [-0.1, -0.05) is 0 Å². The molecule has 0 atom stereocenters. The molecule has 4 amide bonds. The summed E-state index contributed by atoms with van der Waals surface area (Å²) in [6.45, 7) is 3.00. The number of carbonyl (C=O) groups excluding carboxylic acids is 5. The average molecular weight is 724 g/mol. The van der Waals surface area contributed by atoms with Crippen LogP contribution in [0.5, 0.6) is 0 Å². The topological polar surface area (TPSA) is 190 Å². The number of aromatic nitrogens is 1. The first kappa shape index (κ1) is 38.5. The molecule has 52 heavy (non-hydrogen) atoms. The van der Waals surface area contributed by atoms with Crippen LogP contribution in [-0.4, -0.2) is 155 Å². The molecule has 0 spiro atoms. The summed E-state index contributed by atoms with van der Waals surface area (Å²) in [6, 6.07) is 9.31. The van der Waals surface area contributed by atoms with Gasteiger partial charge in [-0.05, 0) is 36.4 Å². The van der Waals surface area contributed by atoms with Crippen molar-refractivity contribution in [1.29, 1.82) is 0 Å². The van der Waals surface area contributed by atoms with Crippen molar-refractivity contribution in [3.05, 3.63) is 76.6 Å². The van der Waals surface area contributed by atoms with E-state index in [0.29, 0.717) is 49.4 Å². The highest BCUT2D eigenvalue weighted by atomic mass is 16.6. The Morgan fingerprint density at radius 1 is 0.538 bits per heavy atom. The van der Waals surface area contributed by atoms with E-state index in [9.17, 15) is 24.0 Å². The van der Waals surface area contributed by atoms with E-state index in [1.807, 2.05) is 0 Å². The first-order chi connectivity index (χ1) is 25.4. The SMILES string of the molecule is O=C(OCCOCCOCCOCCN1C(=O)c2ccc3c4c(ccc(c24)C1=O)C(=O)N(CCOCCOCCOCCO)C3=O)c1cccnc1. The lowest BCUT2D eigenvalue weighted by molar-refractivity contribution is -0.00102. The fourth-order valence-corrected chi connectivity index (χ4v) is 5.60. The van der Waals surface area contributed by atoms with Crippen LogP contribution in [0.4, 0.5) is 0 Å². The van der Waals surface area contributed by atoms with Crippen molar-refractivity contribution in [3.8, 4) is 0 Å². The zero-order valence-electron chi connectivity index (χ0n) is 28.6. The van der Waals surface area contributed by atoms with Gasteiger partial charge in [0, 0.05) is 45.4 Å². The fraction of sp³-hybridized carbons (Fsp3) is 0.444. The molecule has 3 heterocycles. The summed E-state index contributed by atoms with van der Waals surface area (Å²) in [6.07, 6.45) is 2.99. The van der Waals surface area contributed by atoms with Crippen LogP contribution in [-0.2, 0) is 33.2 Å². The van der Waals surface area contributed by atoms with Crippen LogP contribution in [0.2, 0.25) is 0 Å². The molecule has 0 radical (unpaired) electrons. The van der Waals surface area contributed by atoms with Crippen molar-refractivity contribution in [2.45, 2.75) is 0 Å². The monoisotopic (exact) mass is 723 g/mol. The summed E-state index contributed by atoms with van der Waals surface area (Å²) < 4.78 is 37.6. The normalized spacial score (nSPS) is 13.8. The minimum absolute atomic E-state index is 0.00283. The lowest BCUT2D eigenvalue weighted by Crippen LogP contribution is -2.45. The van der Waals surface area contributed by atoms with E-state index in [-0.39, 0.29) is 94.8 Å². The highest BCUT2D eigenvalue weighted by Crippen LogP contribution is 2.37. The Morgan fingerprint density at radius 3 is 1.31 bits per heavy atom. The van der Waals surface area contributed by atoms with Crippen molar-refractivity contribution in [1.82, 2.24) is 14.8 Å². The van der Waals surface area contributed by atoms with E-state index < -0.39 is 29.6 Å². The number of amides is 4. The predicted octanol–water partition coefficient (Wildman–Crippen LogP) is 1.38. The molecular weight excluding hydrogens is 682 g/mol. The van der Waals surface area contributed by atoms with Gasteiger partial charge in [0.05, 0.1) is 105 Å². The molecule has 0 aliphatic carbocycles. The van der Waals surface area contributed by atoms with Crippen LogP contribution in [0.1, 0.15) is 51.8 Å². The lowest BCUT2D eigenvalue weighted by atomic mass is 9.86. The highest BCUT2D eigenvalue weighted by molar-refractivity contribution is 6.33. The van der Waals surface area contributed by atoms with Gasteiger partial charge in [0.2, 0.25) is 0 Å². The lowest BCUT2D eigenvalue weighted by Gasteiger charge is -2.31. The van der Waals surface area contributed by atoms with Crippen molar-refractivity contribution >= 4 is 40.4 Å². The molecule has 0 bridgehead atoms. The molecule has 16 nitrogen and oxygen atoms in total. The second kappa shape index (κ2) is 19.8. The van der Waals surface area contributed by atoms with Gasteiger partial charge in [-0.2, -0.15) is 0 Å². The van der Waals surface area contributed by atoms with Gasteiger partial charge in [-0.3, -0.25) is 34.0 Å². The van der Waals surface area contributed by atoms with E-state index in [2.05, 4.69) is 4.98 Å². The summed E-state index contributed by atoms with van der Waals surface area (Å²) in [7, 11) is 0. The molecule has 5 rings (SSSR count). The maximum absolute atomic E-state index is 13.5. The molecular formula is C36H41N3O13. The molecule has 2 aromatic carbocycles. The van der Waals surface area contributed by atoms with Crippen molar-refractivity contribution in [2.24, 2.45) is 0 Å². The molecule has 1 N–H and O–H groups in total. The number of carbonyl (C=O) groups is 5. The number of benzene rings is 2. The molecule has 2 aliphatic rings. The molecule has 3 aromatic rings. The maximum Gasteiger partial charge on any atom is 0.339 e. The van der Waals surface area contributed by atoms with Gasteiger partial charge in [0.1, 0.15) is 6.61 Å². The van der Waals surface area contributed by atoms with Gasteiger partial charge >= 0.3 is 5.97 Å². The molecule has 16 heteroatoms. The summed E-state index contributed by atoms with van der Waals surface area (Å²) in [5, 5.41) is 9.28. The van der Waals surface area contributed by atoms with Crippen LogP contribution in [0.15, 0.2) is 48.8 Å². The number of pyridine rings is 1. The van der Waals surface area contributed by atoms with Crippen LogP contribution >= 0.6 is 0 Å². The van der Waals surface area contributed by atoms with Crippen molar-refractivity contribution < 1.29 is 62.2 Å². The standard InChI is InChI=1S/C36H41N3O13/c40-10-13-48-16-19-49-17-14-46-11-8-38-32(41)26-3-5-28-31-29(6-4-27(30(26)31)33(38)42)35(44)39(34(28)43)9-12-47-15-18-50-20-21-51-22-23-52-36(45)25-2-1-7-37-24-25/h1-7,24,40H,8-23H2. The van der Waals surface area contributed by atoms with Crippen LogP contribution < -0.4 is 0 Å². The molecule has 2 aliphatic heterocycles. The maximum atomic E-state index is 13.5. The van der Waals surface area contributed by atoms with Crippen molar-refractivity contribution in [3.63, 3.8) is 0 Å². The zero-order valence-corrected chi connectivity index (χ0v) is 28.6. The summed E-state index contributed by atoms with van der Waals surface area (Å²) in [5.74, 6) is -2.62. The number of rotatable bonds is 24. The zero-order chi connectivity index (χ0) is 36.7. The first-order valence-corrected chi connectivity index (χ1v) is 16.9. The Kier molecular flexibility index (Phi) is 14.7. The Morgan fingerprint density at radius 2 is 0.923 bits per heavy atom. The number of imide groups is 2. The summed E-state index contributed by atoms with van der Waals surface area (Å²) in [4.78, 5) is 71.7. The number of ether oxygens (including phenoxy) is 7. The van der Waals surface area contributed by atoms with E-state index in [1.165, 1.54) is 30.5 Å². The molecule has 1 aromatic heterocycles. The number of esters is 1. The van der Waals surface area contributed by atoms with Gasteiger partial charge in [0.25, 0.3) is 23.6 Å². The molecule has 0 unspecified atom stereocenters. The number of aliphatic hydroxyl groups is 1. The second-order valence-electron chi connectivity index (χ2n) is 11.4. The Hall–Kier alpha value is -4.68. The molecule has 0 saturated heterocycles. The number of nitrogens with zero attached hydrogens (tertiary/aromatic N) is 3. The van der Waals surface area contributed by atoms with E-state index >= 15 is 0 Å². The minimum atomic E-state index is -0.540. The number of hydrogen-bond donors (Lipinski definition) is 1. The van der Waals surface area contributed by atoms with Crippen molar-refractivity contribution in [2.75, 3.05) is 106 Å². The Bertz CT molecular complexity index is 1650. The summed E-state index contributed by atoms with van der Waals surface area (Å²) >= 11 is 0. The third-order valence-electron chi connectivity index (χ3n) is 8.06. The highest BCUT2D eigenvalue weighted by Gasteiger charge is 2.39. The fourth-order valence-electron chi connectivity index (χ4n) is 5.60. The summed E-state index contributed by atoms with van der Waals surface area (Å²) in [5.41, 5.74) is 1.28. The molecule has 0 saturated carbocycles. The van der Waals surface area contributed by atoms with Crippen LogP contribution in [0, 0.1) is 0 Å². The van der Waals surface area contributed by atoms with E-state index in [4.69, 9.17) is 38.3 Å². The van der Waals surface area contributed by atoms with Crippen LogP contribution in [0.25, 0.3) is 10.8 Å². The smallest absolute Gasteiger partial charge is 0.339 e. The Labute approximate surface area is 299 Å². The molecule has 0 fully saturated rings. The predicted molar refractivity (Wildman–Crippen MR) is 181 cm³/mol. The first-order valence-electron chi connectivity index (χ1n) is 16.9. The van der Waals surface area contributed by atoms with Gasteiger partial charge in [0.15, 0.2) is 0 Å². The quantitative estimate of drug-likeness (QED) is 0.0793. The van der Waals surface area contributed by atoms with Gasteiger partial charge < -0.3 is 38.3 Å². The van der Waals surface area contributed by atoms with Gasteiger partial charge in [-0.25, -0.2) is 4.79 Å². The van der Waals surface area contributed by atoms with E-state index in [1.54, 1.807) is 18.3 Å². The Balaban J connectivity index is 1.02. The van der Waals surface area contributed by atoms with E-state index in [0.717, 1.165) is 9.80 Å². The second-order valence-corrected chi connectivity index (χ2v) is 11.4. The third-order valence-corrected chi connectivity index (χ3v) is 8.06. The number of hydrogen-bond acceptors (Lipinski definition) is 14. The van der Waals surface area contributed by atoms with Crippen LogP contribution in [0.3, 0.4) is 0 Å². The largest absolute Gasteiger partial charge is 0.460 e.